The van der Waals surface area contributed by atoms with Crippen LogP contribution in [0.25, 0.3) is 0 Å². The van der Waals surface area contributed by atoms with Crippen LogP contribution in [-0.4, -0.2) is 38.5 Å². The van der Waals surface area contributed by atoms with Gasteiger partial charge >= 0.3 is 5.97 Å². The van der Waals surface area contributed by atoms with Gasteiger partial charge in [0, 0.05) is 6.61 Å². The van der Waals surface area contributed by atoms with Gasteiger partial charge in [-0.3, -0.25) is 0 Å². The molecule has 1 saturated carbocycles. The molecule has 0 saturated heterocycles. The number of rotatable bonds is 8. The highest BCUT2D eigenvalue weighted by atomic mass is 32.2. The van der Waals surface area contributed by atoms with E-state index >= 15 is 0 Å². The molecule has 0 heterocycles. The SMILES string of the molecule is O=C(O)c1cccc(S(=O)(=O)CCOCCC2CCC2)c1. The number of carboxylic acids is 1. The van der Waals surface area contributed by atoms with E-state index in [1.807, 2.05) is 0 Å². The summed E-state index contributed by atoms with van der Waals surface area (Å²) in [5.41, 5.74) is -0.0259. The van der Waals surface area contributed by atoms with Crippen LogP contribution in [0.2, 0.25) is 0 Å². The van der Waals surface area contributed by atoms with E-state index in [-0.39, 0.29) is 22.8 Å². The molecule has 1 aromatic rings. The van der Waals surface area contributed by atoms with Crippen LogP contribution in [-0.2, 0) is 14.6 Å². The smallest absolute Gasteiger partial charge is 0.335 e. The fourth-order valence-electron chi connectivity index (χ4n) is 2.24. The topological polar surface area (TPSA) is 80.7 Å². The van der Waals surface area contributed by atoms with Gasteiger partial charge in [0.25, 0.3) is 0 Å². The zero-order valence-corrected chi connectivity index (χ0v) is 12.6. The number of carbonyl (C=O) groups is 1. The second-order valence-corrected chi connectivity index (χ2v) is 7.46. The number of aromatic carboxylic acids is 1. The van der Waals surface area contributed by atoms with Crippen molar-refractivity contribution in [2.24, 2.45) is 5.92 Å². The average Bonchev–Trinajstić information content (AvgIpc) is 2.40. The summed E-state index contributed by atoms with van der Waals surface area (Å²) in [6.07, 6.45) is 4.79. The Kier molecular flexibility index (Phi) is 5.36. The minimum atomic E-state index is -3.50. The number of hydrogen-bond donors (Lipinski definition) is 1. The average molecular weight is 312 g/mol. The predicted molar refractivity (Wildman–Crippen MR) is 78.2 cm³/mol. The van der Waals surface area contributed by atoms with Crippen molar-refractivity contribution in [1.82, 2.24) is 0 Å². The van der Waals surface area contributed by atoms with Gasteiger partial charge in [-0.2, -0.15) is 0 Å². The summed E-state index contributed by atoms with van der Waals surface area (Å²) in [6.45, 7) is 0.738. The molecule has 2 rings (SSSR count). The van der Waals surface area contributed by atoms with Gasteiger partial charge in [-0.1, -0.05) is 25.3 Å². The third-order valence-electron chi connectivity index (χ3n) is 3.83. The standard InChI is InChI=1S/C15H20O5S/c16-15(17)13-5-2-6-14(11-13)21(18,19)10-9-20-8-7-12-3-1-4-12/h2,5-6,11-12H,1,3-4,7-10H2,(H,16,17). The lowest BCUT2D eigenvalue weighted by atomic mass is 9.83. The van der Waals surface area contributed by atoms with E-state index in [1.165, 1.54) is 43.5 Å². The fourth-order valence-corrected chi connectivity index (χ4v) is 3.41. The Morgan fingerprint density at radius 1 is 1.29 bits per heavy atom. The quantitative estimate of drug-likeness (QED) is 0.745. The number of benzene rings is 1. The van der Waals surface area contributed by atoms with Crippen molar-refractivity contribution in [2.45, 2.75) is 30.6 Å². The molecular weight excluding hydrogens is 292 g/mol. The summed E-state index contributed by atoms with van der Waals surface area (Å²) >= 11 is 0. The Morgan fingerprint density at radius 2 is 2.05 bits per heavy atom. The van der Waals surface area contributed by atoms with E-state index in [4.69, 9.17) is 9.84 Å². The van der Waals surface area contributed by atoms with E-state index in [0.29, 0.717) is 6.61 Å². The zero-order chi connectivity index (χ0) is 15.3. The lowest BCUT2D eigenvalue weighted by Crippen LogP contribution is -2.17. The van der Waals surface area contributed by atoms with Gasteiger partial charge in [-0.05, 0) is 30.5 Å². The molecular formula is C15H20O5S. The fraction of sp³-hybridized carbons (Fsp3) is 0.533. The molecule has 0 bridgehead atoms. The number of hydrogen-bond acceptors (Lipinski definition) is 4. The van der Waals surface area contributed by atoms with Crippen LogP contribution in [0.1, 0.15) is 36.0 Å². The van der Waals surface area contributed by atoms with Crippen molar-refractivity contribution in [3.63, 3.8) is 0 Å². The van der Waals surface area contributed by atoms with Gasteiger partial charge in [-0.15, -0.1) is 0 Å². The molecule has 6 heteroatoms. The summed E-state index contributed by atoms with van der Waals surface area (Å²) in [7, 11) is -3.50. The van der Waals surface area contributed by atoms with Crippen LogP contribution in [0.3, 0.4) is 0 Å². The Bertz CT molecular complexity index is 590. The van der Waals surface area contributed by atoms with Crippen LogP contribution >= 0.6 is 0 Å². The predicted octanol–water partition coefficient (Wildman–Crippen LogP) is 2.37. The van der Waals surface area contributed by atoms with E-state index in [9.17, 15) is 13.2 Å². The maximum absolute atomic E-state index is 12.1. The molecule has 0 spiro atoms. The minimum Gasteiger partial charge on any atom is -0.478 e. The lowest BCUT2D eigenvalue weighted by molar-refractivity contribution is 0.0696. The second kappa shape index (κ2) is 7.04. The molecule has 0 atom stereocenters. The van der Waals surface area contributed by atoms with Gasteiger partial charge in [-0.25, -0.2) is 13.2 Å². The molecule has 116 valence electrons. The van der Waals surface area contributed by atoms with Crippen molar-refractivity contribution in [2.75, 3.05) is 19.0 Å². The molecule has 0 aliphatic heterocycles. The maximum atomic E-state index is 12.1. The molecule has 0 radical (unpaired) electrons. The van der Waals surface area contributed by atoms with E-state index in [1.54, 1.807) is 0 Å². The molecule has 0 unspecified atom stereocenters. The summed E-state index contributed by atoms with van der Waals surface area (Å²) < 4.78 is 29.6. The molecule has 1 aliphatic carbocycles. The third-order valence-corrected chi connectivity index (χ3v) is 5.51. The number of sulfone groups is 1. The van der Waals surface area contributed by atoms with Crippen molar-refractivity contribution in [3.05, 3.63) is 29.8 Å². The second-order valence-electron chi connectivity index (χ2n) is 5.35. The molecule has 1 N–H and O–H groups in total. The summed E-state index contributed by atoms with van der Waals surface area (Å²) in [5.74, 6) is -0.515. The van der Waals surface area contributed by atoms with Crippen LogP contribution < -0.4 is 0 Å². The normalized spacial score (nSPS) is 15.6. The van der Waals surface area contributed by atoms with Gasteiger partial charge < -0.3 is 9.84 Å². The van der Waals surface area contributed by atoms with Crippen LogP contribution in [0, 0.1) is 5.92 Å². The molecule has 5 nitrogen and oxygen atoms in total. The third kappa shape index (κ3) is 4.54. The molecule has 1 aliphatic rings. The molecule has 0 aromatic heterocycles. The first kappa shape index (κ1) is 16.0. The van der Waals surface area contributed by atoms with Crippen molar-refractivity contribution in [1.29, 1.82) is 0 Å². The van der Waals surface area contributed by atoms with Crippen molar-refractivity contribution < 1.29 is 23.1 Å². The maximum Gasteiger partial charge on any atom is 0.335 e. The monoisotopic (exact) mass is 312 g/mol. The first-order chi connectivity index (χ1) is 9.99. The molecule has 1 aromatic carbocycles. The highest BCUT2D eigenvalue weighted by molar-refractivity contribution is 7.91. The van der Waals surface area contributed by atoms with Gasteiger partial charge in [0.05, 0.1) is 22.8 Å². The van der Waals surface area contributed by atoms with Crippen LogP contribution in [0.15, 0.2) is 29.2 Å². The van der Waals surface area contributed by atoms with Gasteiger partial charge in [0.1, 0.15) is 0 Å². The van der Waals surface area contributed by atoms with Gasteiger partial charge in [0.2, 0.25) is 0 Å². The summed E-state index contributed by atoms with van der Waals surface area (Å²) in [5, 5.41) is 8.88. The minimum absolute atomic E-state index is 0.0259. The Hall–Kier alpha value is -1.40. The summed E-state index contributed by atoms with van der Waals surface area (Å²) in [6, 6.07) is 5.41. The largest absolute Gasteiger partial charge is 0.478 e. The van der Waals surface area contributed by atoms with Crippen molar-refractivity contribution >= 4 is 15.8 Å². The molecule has 0 amide bonds. The lowest BCUT2D eigenvalue weighted by Gasteiger charge is -2.24. The Morgan fingerprint density at radius 3 is 2.67 bits per heavy atom. The highest BCUT2D eigenvalue weighted by Gasteiger charge is 2.18. The zero-order valence-electron chi connectivity index (χ0n) is 11.8. The molecule has 1 fully saturated rings. The highest BCUT2D eigenvalue weighted by Crippen LogP contribution is 2.29. The van der Waals surface area contributed by atoms with Crippen LogP contribution in [0.4, 0.5) is 0 Å². The summed E-state index contributed by atoms with van der Waals surface area (Å²) in [4.78, 5) is 10.9. The first-order valence-electron chi connectivity index (χ1n) is 7.13. The van der Waals surface area contributed by atoms with Crippen LogP contribution in [0.5, 0.6) is 0 Å². The van der Waals surface area contributed by atoms with E-state index in [0.717, 1.165) is 12.3 Å². The van der Waals surface area contributed by atoms with Gasteiger partial charge in [0.15, 0.2) is 9.84 Å². The Balaban J connectivity index is 1.83. The number of ether oxygens (including phenoxy) is 1. The first-order valence-corrected chi connectivity index (χ1v) is 8.78. The van der Waals surface area contributed by atoms with E-state index < -0.39 is 15.8 Å². The van der Waals surface area contributed by atoms with E-state index in [2.05, 4.69) is 0 Å². The number of carboxylic acid groups (broad SMARTS) is 1. The van der Waals surface area contributed by atoms with Crippen molar-refractivity contribution in [3.8, 4) is 0 Å². The molecule has 21 heavy (non-hydrogen) atoms. The Labute approximate surface area is 124 Å².